The highest BCUT2D eigenvalue weighted by molar-refractivity contribution is 5.82. The van der Waals surface area contributed by atoms with Crippen LogP contribution in [0.25, 0.3) is 0 Å². The minimum Gasteiger partial charge on any atom is -0.339 e. The summed E-state index contributed by atoms with van der Waals surface area (Å²) in [5.41, 5.74) is 0. The molecule has 2 heterocycles. The summed E-state index contributed by atoms with van der Waals surface area (Å²) < 4.78 is 0. The van der Waals surface area contributed by atoms with Crippen molar-refractivity contribution < 1.29 is 4.79 Å². The molecule has 0 aromatic carbocycles. The smallest absolute Gasteiger partial charge is 0.239 e. The number of piperazine rings is 1. The molecule has 0 unspecified atom stereocenters. The molecule has 1 saturated carbocycles. The predicted molar refractivity (Wildman–Crippen MR) is 66.8 cm³/mol. The molecule has 3 fully saturated rings. The summed E-state index contributed by atoms with van der Waals surface area (Å²) in [5, 5.41) is 3.39. The highest BCUT2D eigenvalue weighted by Crippen LogP contribution is 2.27. The van der Waals surface area contributed by atoms with Crippen molar-refractivity contribution in [2.24, 2.45) is 0 Å². The summed E-state index contributed by atoms with van der Waals surface area (Å²) in [6.07, 6.45) is 4.90. The number of carbonyl (C=O) groups is 1. The van der Waals surface area contributed by atoms with Gasteiger partial charge in [-0.05, 0) is 32.6 Å². The van der Waals surface area contributed by atoms with Gasteiger partial charge in [-0.3, -0.25) is 9.69 Å². The molecule has 17 heavy (non-hydrogen) atoms. The summed E-state index contributed by atoms with van der Waals surface area (Å²) in [6, 6.07) is 1.45. The van der Waals surface area contributed by atoms with Gasteiger partial charge < -0.3 is 10.2 Å². The SMILES string of the molecule is C[C@@H]1CC[C@@H](C(=O)N2CCN(C3CC3)CC2)N1. The van der Waals surface area contributed by atoms with Gasteiger partial charge in [-0.25, -0.2) is 0 Å². The zero-order valence-electron chi connectivity index (χ0n) is 10.7. The quantitative estimate of drug-likeness (QED) is 0.757. The molecule has 2 saturated heterocycles. The number of hydrogen-bond donors (Lipinski definition) is 1. The molecular weight excluding hydrogens is 214 g/mol. The van der Waals surface area contributed by atoms with Gasteiger partial charge in [-0.15, -0.1) is 0 Å². The Kier molecular flexibility index (Phi) is 3.09. The van der Waals surface area contributed by atoms with Gasteiger partial charge in [0, 0.05) is 38.3 Å². The Bertz CT molecular complexity index is 295. The third-order valence-electron chi connectivity index (χ3n) is 4.36. The van der Waals surface area contributed by atoms with Crippen molar-refractivity contribution in [2.45, 2.75) is 50.7 Å². The summed E-state index contributed by atoms with van der Waals surface area (Å²) in [7, 11) is 0. The van der Waals surface area contributed by atoms with Crippen LogP contribution in [0.2, 0.25) is 0 Å². The van der Waals surface area contributed by atoms with Crippen molar-refractivity contribution in [1.82, 2.24) is 15.1 Å². The van der Waals surface area contributed by atoms with Crippen LogP contribution < -0.4 is 5.32 Å². The number of hydrogen-bond acceptors (Lipinski definition) is 3. The van der Waals surface area contributed by atoms with Crippen LogP contribution in [0.3, 0.4) is 0 Å². The first-order valence-corrected chi connectivity index (χ1v) is 7.03. The summed E-state index contributed by atoms with van der Waals surface area (Å²) in [4.78, 5) is 16.9. The van der Waals surface area contributed by atoms with Crippen LogP contribution in [-0.4, -0.2) is 60.0 Å². The van der Waals surface area contributed by atoms with Gasteiger partial charge in [0.05, 0.1) is 6.04 Å². The normalized spacial score (nSPS) is 35.2. The van der Waals surface area contributed by atoms with Crippen LogP contribution in [0.4, 0.5) is 0 Å². The van der Waals surface area contributed by atoms with Crippen molar-refractivity contribution in [3.8, 4) is 0 Å². The molecule has 2 aliphatic heterocycles. The molecule has 1 aliphatic carbocycles. The van der Waals surface area contributed by atoms with E-state index < -0.39 is 0 Å². The molecule has 1 N–H and O–H groups in total. The zero-order chi connectivity index (χ0) is 11.8. The fourth-order valence-corrected chi connectivity index (χ4v) is 3.09. The van der Waals surface area contributed by atoms with Crippen LogP contribution in [0.15, 0.2) is 0 Å². The number of nitrogens with zero attached hydrogens (tertiary/aromatic N) is 2. The van der Waals surface area contributed by atoms with E-state index in [1.54, 1.807) is 0 Å². The molecule has 4 nitrogen and oxygen atoms in total. The minimum absolute atomic E-state index is 0.0949. The first kappa shape index (κ1) is 11.5. The van der Waals surface area contributed by atoms with E-state index in [4.69, 9.17) is 0 Å². The van der Waals surface area contributed by atoms with E-state index in [0.29, 0.717) is 11.9 Å². The number of nitrogens with one attached hydrogen (secondary N) is 1. The molecule has 96 valence electrons. The molecule has 0 bridgehead atoms. The monoisotopic (exact) mass is 237 g/mol. The molecule has 2 atom stereocenters. The first-order valence-electron chi connectivity index (χ1n) is 7.03. The van der Waals surface area contributed by atoms with Gasteiger partial charge in [0.25, 0.3) is 0 Å². The number of rotatable bonds is 2. The molecule has 3 rings (SSSR count). The Labute approximate surface area is 103 Å². The van der Waals surface area contributed by atoms with E-state index in [2.05, 4.69) is 22.0 Å². The van der Waals surface area contributed by atoms with Crippen molar-refractivity contribution >= 4 is 5.91 Å². The number of amides is 1. The van der Waals surface area contributed by atoms with Crippen molar-refractivity contribution in [3.05, 3.63) is 0 Å². The molecule has 3 aliphatic rings. The van der Waals surface area contributed by atoms with E-state index in [-0.39, 0.29) is 6.04 Å². The second kappa shape index (κ2) is 4.58. The highest BCUT2D eigenvalue weighted by Gasteiger charge is 2.35. The van der Waals surface area contributed by atoms with Gasteiger partial charge in [0.15, 0.2) is 0 Å². The van der Waals surface area contributed by atoms with Crippen molar-refractivity contribution in [2.75, 3.05) is 26.2 Å². The maximum atomic E-state index is 12.3. The molecule has 0 radical (unpaired) electrons. The molecule has 0 aromatic heterocycles. The summed E-state index contributed by atoms with van der Waals surface area (Å²) in [5.74, 6) is 0.338. The third kappa shape index (κ3) is 2.47. The Morgan fingerprint density at radius 2 is 1.76 bits per heavy atom. The Morgan fingerprint density at radius 1 is 1.06 bits per heavy atom. The Balaban J connectivity index is 1.50. The molecule has 0 spiro atoms. The predicted octanol–water partition coefficient (Wildman–Crippen LogP) is 0.433. The van der Waals surface area contributed by atoms with E-state index in [1.165, 1.54) is 12.8 Å². The molecule has 4 heteroatoms. The maximum Gasteiger partial charge on any atom is 0.239 e. The standard InChI is InChI=1S/C13H23N3O/c1-10-2-5-12(14-10)13(17)16-8-6-15(7-9-16)11-3-4-11/h10-12,14H,2-9H2,1H3/t10-,12+/m1/s1. The largest absolute Gasteiger partial charge is 0.339 e. The minimum atomic E-state index is 0.0949. The first-order chi connectivity index (χ1) is 8.24. The third-order valence-corrected chi connectivity index (χ3v) is 4.36. The number of carbonyl (C=O) groups excluding carboxylic acids is 1. The van der Waals surface area contributed by atoms with Crippen LogP contribution in [0.5, 0.6) is 0 Å². The Hall–Kier alpha value is -0.610. The molecular formula is C13H23N3O. The van der Waals surface area contributed by atoms with Crippen LogP contribution >= 0.6 is 0 Å². The highest BCUT2D eigenvalue weighted by atomic mass is 16.2. The summed E-state index contributed by atoms with van der Waals surface area (Å²) >= 11 is 0. The van der Waals surface area contributed by atoms with Crippen molar-refractivity contribution in [1.29, 1.82) is 0 Å². The topological polar surface area (TPSA) is 35.6 Å². The lowest BCUT2D eigenvalue weighted by atomic mass is 10.1. The van der Waals surface area contributed by atoms with Gasteiger partial charge in [-0.1, -0.05) is 0 Å². The second-order valence-electron chi connectivity index (χ2n) is 5.79. The average molecular weight is 237 g/mol. The lowest BCUT2D eigenvalue weighted by Crippen LogP contribution is -2.53. The van der Waals surface area contributed by atoms with E-state index in [0.717, 1.165) is 45.1 Å². The van der Waals surface area contributed by atoms with Crippen LogP contribution in [0.1, 0.15) is 32.6 Å². The average Bonchev–Trinajstić information content (AvgIpc) is 3.11. The molecule has 1 amide bonds. The van der Waals surface area contributed by atoms with E-state index >= 15 is 0 Å². The fourth-order valence-electron chi connectivity index (χ4n) is 3.09. The fraction of sp³-hybridized carbons (Fsp3) is 0.923. The van der Waals surface area contributed by atoms with Gasteiger partial charge in [0.2, 0.25) is 5.91 Å². The molecule has 0 aromatic rings. The second-order valence-corrected chi connectivity index (χ2v) is 5.79. The van der Waals surface area contributed by atoms with Crippen molar-refractivity contribution in [3.63, 3.8) is 0 Å². The van der Waals surface area contributed by atoms with Crippen LogP contribution in [0, 0.1) is 0 Å². The van der Waals surface area contributed by atoms with Crippen LogP contribution in [-0.2, 0) is 4.79 Å². The zero-order valence-corrected chi connectivity index (χ0v) is 10.7. The van der Waals surface area contributed by atoms with Gasteiger partial charge in [-0.2, -0.15) is 0 Å². The lowest BCUT2D eigenvalue weighted by molar-refractivity contribution is -0.135. The van der Waals surface area contributed by atoms with Gasteiger partial charge >= 0.3 is 0 Å². The maximum absolute atomic E-state index is 12.3. The van der Waals surface area contributed by atoms with E-state index in [1.807, 2.05) is 0 Å². The lowest BCUT2D eigenvalue weighted by Gasteiger charge is -2.36. The van der Waals surface area contributed by atoms with Gasteiger partial charge in [0.1, 0.15) is 0 Å². The van der Waals surface area contributed by atoms with E-state index in [9.17, 15) is 4.79 Å². The Morgan fingerprint density at radius 3 is 2.29 bits per heavy atom. The summed E-state index contributed by atoms with van der Waals surface area (Å²) in [6.45, 7) is 6.19.